The molecule has 0 saturated heterocycles. The fraction of sp³-hybridized carbons (Fsp3) is 0.625. The first-order chi connectivity index (χ1) is 10.2. The molecule has 6 nitrogen and oxygen atoms in total. The van der Waals surface area contributed by atoms with Crippen LogP contribution in [-0.2, 0) is 14.3 Å². The third-order valence-electron chi connectivity index (χ3n) is 2.63. The molecule has 0 saturated carbocycles. The minimum absolute atomic E-state index is 0. The van der Waals surface area contributed by atoms with Crippen LogP contribution in [0.3, 0.4) is 0 Å². The Balaban J connectivity index is 0. The van der Waals surface area contributed by atoms with Gasteiger partial charge in [-0.3, -0.25) is 4.18 Å². The average molecular weight is 350 g/mol. The van der Waals surface area contributed by atoms with E-state index >= 15 is 0 Å². The first-order valence-electron chi connectivity index (χ1n) is 7.12. The molecule has 0 aliphatic rings. The van der Waals surface area contributed by atoms with Gasteiger partial charge in [-0.05, 0) is 45.7 Å². The Morgan fingerprint density at radius 2 is 1.52 bits per heavy atom. The summed E-state index contributed by atoms with van der Waals surface area (Å²) in [5.41, 5.74) is 0.989. The molecule has 23 heavy (non-hydrogen) atoms. The molecule has 7 heteroatoms. The van der Waals surface area contributed by atoms with E-state index in [1.54, 1.807) is 26.0 Å². The molecule has 1 rings (SSSR count). The zero-order valence-electron chi connectivity index (χ0n) is 13.3. The first kappa shape index (κ1) is 24.3. The summed E-state index contributed by atoms with van der Waals surface area (Å²) in [6.07, 6.45) is -0.131. The summed E-state index contributed by atoms with van der Waals surface area (Å²) in [6, 6.07) is 6.44. The summed E-state index contributed by atoms with van der Waals surface area (Å²) in [5, 5.41) is 25.5. The van der Waals surface area contributed by atoms with Crippen molar-refractivity contribution in [2.24, 2.45) is 0 Å². The maximum absolute atomic E-state index is 11.6. The van der Waals surface area contributed by atoms with Crippen LogP contribution < -0.4 is 0 Å². The summed E-state index contributed by atoms with van der Waals surface area (Å²) in [4.78, 5) is 0.142. The van der Waals surface area contributed by atoms with E-state index in [1.807, 2.05) is 6.92 Å². The van der Waals surface area contributed by atoms with E-state index < -0.39 is 16.2 Å². The molecule has 0 fully saturated rings. The van der Waals surface area contributed by atoms with Gasteiger partial charge in [-0.25, -0.2) is 0 Å². The summed E-state index contributed by atoms with van der Waals surface area (Å²) >= 11 is 0. The second-order valence-electron chi connectivity index (χ2n) is 5.09. The van der Waals surface area contributed by atoms with Gasteiger partial charge in [0.1, 0.15) is 0 Å². The van der Waals surface area contributed by atoms with Gasteiger partial charge in [0.2, 0.25) is 0 Å². The smallest absolute Gasteiger partial charge is 0.296 e. The normalized spacial score (nSPS) is 13.3. The number of hydrogen-bond donors (Lipinski definition) is 3. The summed E-state index contributed by atoms with van der Waals surface area (Å²) < 4.78 is 28.0. The molecule has 0 spiro atoms. The zero-order chi connectivity index (χ0) is 17.2. The fourth-order valence-corrected chi connectivity index (χ4v) is 2.21. The van der Waals surface area contributed by atoms with Crippen LogP contribution in [0, 0.1) is 6.92 Å². The lowest BCUT2D eigenvalue weighted by atomic mass is 10.2. The zero-order valence-corrected chi connectivity index (χ0v) is 14.1. The van der Waals surface area contributed by atoms with E-state index in [1.165, 1.54) is 12.1 Å². The van der Waals surface area contributed by atoms with E-state index in [0.29, 0.717) is 12.8 Å². The predicted octanol–water partition coefficient (Wildman–Crippen LogP) is 1.86. The largest absolute Gasteiger partial charge is 0.396 e. The fourth-order valence-electron chi connectivity index (χ4n) is 1.29. The van der Waals surface area contributed by atoms with E-state index in [4.69, 9.17) is 19.5 Å². The second-order valence-corrected chi connectivity index (χ2v) is 6.70. The molecular weight excluding hydrogens is 320 g/mol. The Labute approximate surface area is 139 Å². The maximum Gasteiger partial charge on any atom is 0.296 e. The average Bonchev–Trinajstić information content (AvgIpc) is 2.39. The topological polar surface area (TPSA) is 104 Å². The molecule has 0 aliphatic carbocycles. The molecule has 0 unspecified atom stereocenters. The Kier molecular flexibility index (Phi) is 13.1. The molecule has 0 aliphatic heterocycles. The highest BCUT2D eigenvalue weighted by atomic mass is 32.2. The van der Waals surface area contributed by atoms with Crippen molar-refractivity contribution in [1.82, 2.24) is 0 Å². The Bertz CT molecular complexity index is 494. The molecule has 0 aromatic heterocycles. The van der Waals surface area contributed by atoms with Gasteiger partial charge in [-0.15, -0.1) is 0 Å². The summed E-state index contributed by atoms with van der Waals surface area (Å²) in [5.74, 6) is 0. The van der Waals surface area contributed by atoms with Crippen molar-refractivity contribution in [2.45, 2.75) is 58.1 Å². The Hall–Kier alpha value is -0.990. The van der Waals surface area contributed by atoms with Crippen molar-refractivity contribution in [3.63, 3.8) is 0 Å². The van der Waals surface area contributed by atoms with Crippen molar-refractivity contribution in [3.8, 4) is 0 Å². The molecule has 1 aromatic carbocycles. The van der Waals surface area contributed by atoms with Gasteiger partial charge >= 0.3 is 0 Å². The predicted molar refractivity (Wildman–Crippen MR) is 90.7 cm³/mol. The van der Waals surface area contributed by atoms with Crippen molar-refractivity contribution < 1.29 is 27.9 Å². The Morgan fingerprint density at radius 1 is 1.04 bits per heavy atom. The number of rotatable bonds is 7. The van der Waals surface area contributed by atoms with Crippen molar-refractivity contribution in [1.29, 1.82) is 0 Å². The molecule has 2 atom stereocenters. The van der Waals surface area contributed by atoms with Gasteiger partial charge < -0.3 is 15.3 Å². The third-order valence-corrected chi connectivity index (χ3v) is 3.96. The maximum atomic E-state index is 11.6. The third kappa shape index (κ3) is 12.1. The van der Waals surface area contributed by atoms with Gasteiger partial charge in [0.15, 0.2) is 0 Å². The monoisotopic (exact) mass is 350 g/mol. The van der Waals surface area contributed by atoms with E-state index in [0.717, 1.165) is 5.56 Å². The highest BCUT2D eigenvalue weighted by Crippen LogP contribution is 2.13. The first-order valence-corrected chi connectivity index (χ1v) is 8.53. The molecule has 0 radical (unpaired) electrons. The van der Waals surface area contributed by atoms with E-state index in [-0.39, 0.29) is 31.6 Å². The lowest BCUT2D eigenvalue weighted by molar-refractivity contribution is 0.148. The highest BCUT2D eigenvalue weighted by Gasteiger charge is 2.14. The summed E-state index contributed by atoms with van der Waals surface area (Å²) in [7, 11) is -3.68. The number of hydrogen-bond acceptors (Lipinski definition) is 6. The van der Waals surface area contributed by atoms with Crippen LogP contribution in [0.2, 0.25) is 0 Å². The van der Waals surface area contributed by atoms with Gasteiger partial charge in [-0.2, -0.15) is 8.42 Å². The molecule has 0 heterocycles. The van der Waals surface area contributed by atoms with Gasteiger partial charge in [-0.1, -0.05) is 25.1 Å². The van der Waals surface area contributed by atoms with Crippen LogP contribution in [0.1, 0.15) is 39.7 Å². The van der Waals surface area contributed by atoms with Crippen LogP contribution in [0.4, 0.5) is 0 Å². The number of aliphatic hydroxyl groups excluding tert-OH is 3. The number of aliphatic hydroxyl groups is 3. The van der Waals surface area contributed by atoms with Crippen molar-refractivity contribution >= 4 is 10.1 Å². The van der Waals surface area contributed by atoms with Crippen LogP contribution in [-0.4, -0.2) is 49.2 Å². The van der Waals surface area contributed by atoms with Crippen LogP contribution >= 0.6 is 0 Å². The van der Waals surface area contributed by atoms with E-state index in [9.17, 15) is 8.42 Å². The molecular formula is C16H30O6S. The Morgan fingerprint density at radius 3 is 1.87 bits per heavy atom. The second kappa shape index (κ2) is 12.4. The van der Waals surface area contributed by atoms with Gasteiger partial charge in [0.05, 0.1) is 23.7 Å². The lowest BCUT2D eigenvalue weighted by Crippen LogP contribution is -2.11. The molecule has 3 N–H and O–H groups in total. The van der Waals surface area contributed by atoms with Crippen molar-refractivity contribution in [2.75, 3.05) is 13.2 Å². The summed E-state index contributed by atoms with van der Waals surface area (Å²) in [6.45, 7) is 5.19. The van der Waals surface area contributed by atoms with Gasteiger partial charge in [0.25, 0.3) is 10.1 Å². The molecule has 1 aromatic rings. The quantitative estimate of drug-likeness (QED) is 0.649. The van der Waals surface area contributed by atoms with Gasteiger partial charge in [0, 0.05) is 6.61 Å². The standard InChI is InChI=1S/C11H16O4S.C4H10O2.CH4/c1-9-3-5-11(6-4-9)16(13,14)15-8-7-10(2)12;1-4(6)2-3-5;/h3-6,10,12H,7-8H2,1-2H3;4-6H,2-3H2,1H3;1H4/t10-;4-;/m00./s1. The highest BCUT2D eigenvalue weighted by molar-refractivity contribution is 7.86. The van der Waals surface area contributed by atoms with Crippen molar-refractivity contribution in [3.05, 3.63) is 29.8 Å². The van der Waals surface area contributed by atoms with Crippen LogP contribution in [0.25, 0.3) is 0 Å². The molecule has 0 bridgehead atoms. The minimum Gasteiger partial charge on any atom is -0.396 e. The minimum atomic E-state index is -3.68. The van der Waals surface area contributed by atoms with Crippen LogP contribution in [0.5, 0.6) is 0 Å². The number of aryl methyl sites for hydroxylation is 1. The van der Waals surface area contributed by atoms with E-state index in [2.05, 4.69) is 0 Å². The number of benzene rings is 1. The lowest BCUT2D eigenvalue weighted by Gasteiger charge is -2.07. The molecule has 0 amide bonds. The van der Waals surface area contributed by atoms with Crippen LogP contribution in [0.15, 0.2) is 29.2 Å². The molecule has 136 valence electrons. The SMILES string of the molecule is C.C[C@H](O)CCO.Cc1ccc(S(=O)(=O)OCC[C@H](C)O)cc1.